The Hall–Kier alpha value is -2.05. The van der Waals surface area contributed by atoms with E-state index in [9.17, 15) is 22.8 Å². The highest BCUT2D eigenvalue weighted by molar-refractivity contribution is 5.78. The van der Waals surface area contributed by atoms with E-state index in [2.05, 4.69) is 5.32 Å². The largest absolute Gasteiger partial charge is 0.481 e. The monoisotopic (exact) mass is 331 g/mol. The number of carbonyl (C=O) groups excluding carboxylic acids is 1. The molecule has 3 unspecified atom stereocenters. The highest BCUT2D eigenvalue weighted by Gasteiger charge is 2.31. The second-order valence-corrected chi connectivity index (χ2v) is 5.71. The van der Waals surface area contributed by atoms with Crippen LogP contribution in [-0.2, 0) is 15.8 Å². The van der Waals surface area contributed by atoms with Gasteiger partial charge in [-0.15, -0.1) is 0 Å². The fourth-order valence-corrected chi connectivity index (χ4v) is 2.07. The first-order valence-corrected chi connectivity index (χ1v) is 7.21. The van der Waals surface area contributed by atoms with Crippen LogP contribution in [0.4, 0.5) is 13.2 Å². The van der Waals surface area contributed by atoms with Gasteiger partial charge in [-0.2, -0.15) is 13.2 Å². The molecule has 3 atom stereocenters. The van der Waals surface area contributed by atoms with Crippen LogP contribution in [0.1, 0.15) is 44.2 Å². The molecule has 0 aromatic heterocycles. The SMILES string of the molecule is CC(CC(=O)NC(C)C(C)C(=O)O)c1cccc(C(F)(F)F)c1. The zero-order valence-corrected chi connectivity index (χ0v) is 13.1. The van der Waals surface area contributed by atoms with Crippen LogP contribution in [0.25, 0.3) is 0 Å². The van der Waals surface area contributed by atoms with E-state index in [4.69, 9.17) is 5.11 Å². The molecule has 2 N–H and O–H groups in total. The van der Waals surface area contributed by atoms with E-state index in [1.54, 1.807) is 13.8 Å². The smallest absolute Gasteiger partial charge is 0.416 e. The molecule has 0 radical (unpaired) electrons. The minimum absolute atomic E-state index is 0.0159. The number of hydrogen-bond acceptors (Lipinski definition) is 2. The van der Waals surface area contributed by atoms with E-state index in [1.807, 2.05) is 0 Å². The minimum Gasteiger partial charge on any atom is -0.481 e. The predicted octanol–water partition coefficient (Wildman–Crippen LogP) is 3.42. The average molecular weight is 331 g/mol. The maximum Gasteiger partial charge on any atom is 0.416 e. The van der Waals surface area contributed by atoms with E-state index in [0.717, 1.165) is 12.1 Å². The van der Waals surface area contributed by atoms with Gasteiger partial charge < -0.3 is 10.4 Å². The minimum atomic E-state index is -4.43. The third-order valence-electron chi connectivity index (χ3n) is 3.80. The number of hydrogen-bond donors (Lipinski definition) is 2. The summed E-state index contributed by atoms with van der Waals surface area (Å²) in [6, 6.07) is 4.29. The van der Waals surface area contributed by atoms with Gasteiger partial charge in [0.2, 0.25) is 5.91 Å². The van der Waals surface area contributed by atoms with Crippen LogP contribution in [0.2, 0.25) is 0 Å². The molecule has 0 saturated heterocycles. The molecule has 4 nitrogen and oxygen atoms in total. The number of rotatable bonds is 6. The molecule has 0 aliphatic carbocycles. The van der Waals surface area contributed by atoms with Gasteiger partial charge in [0.25, 0.3) is 0 Å². The van der Waals surface area contributed by atoms with Crippen molar-refractivity contribution >= 4 is 11.9 Å². The summed E-state index contributed by atoms with van der Waals surface area (Å²) >= 11 is 0. The quantitative estimate of drug-likeness (QED) is 0.839. The van der Waals surface area contributed by atoms with Crippen molar-refractivity contribution in [3.05, 3.63) is 35.4 Å². The van der Waals surface area contributed by atoms with Crippen molar-refractivity contribution in [3.8, 4) is 0 Å². The number of carboxylic acid groups (broad SMARTS) is 1. The van der Waals surface area contributed by atoms with Crippen molar-refractivity contribution < 1.29 is 27.9 Å². The van der Waals surface area contributed by atoms with Gasteiger partial charge in [0, 0.05) is 12.5 Å². The normalized spacial score (nSPS) is 15.6. The second kappa shape index (κ2) is 7.48. The van der Waals surface area contributed by atoms with Crippen LogP contribution in [0.3, 0.4) is 0 Å². The predicted molar refractivity (Wildman–Crippen MR) is 78.9 cm³/mol. The summed E-state index contributed by atoms with van der Waals surface area (Å²) in [6.45, 7) is 4.70. The summed E-state index contributed by atoms with van der Waals surface area (Å²) in [5.74, 6) is -2.58. The molecule has 23 heavy (non-hydrogen) atoms. The summed E-state index contributed by atoms with van der Waals surface area (Å²) in [4.78, 5) is 22.8. The molecule has 0 heterocycles. The number of carboxylic acids is 1. The molecule has 0 saturated carbocycles. The molecule has 1 aromatic carbocycles. The maximum absolute atomic E-state index is 12.7. The first kappa shape index (κ1) is 19.0. The Morgan fingerprint density at radius 1 is 1.22 bits per heavy atom. The van der Waals surface area contributed by atoms with E-state index in [1.165, 1.54) is 19.1 Å². The molecule has 7 heteroatoms. The van der Waals surface area contributed by atoms with Crippen molar-refractivity contribution in [2.75, 3.05) is 0 Å². The van der Waals surface area contributed by atoms with Crippen LogP contribution in [-0.4, -0.2) is 23.0 Å². The lowest BCUT2D eigenvalue weighted by atomic mass is 9.95. The van der Waals surface area contributed by atoms with Crippen molar-refractivity contribution in [3.63, 3.8) is 0 Å². The number of aliphatic carboxylic acids is 1. The highest BCUT2D eigenvalue weighted by Crippen LogP contribution is 2.31. The molecule has 0 fully saturated rings. The summed E-state index contributed by atoms with van der Waals surface area (Å²) < 4.78 is 38.1. The summed E-state index contributed by atoms with van der Waals surface area (Å²) in [5, 5.41) is 11.4. The number of carbonyl (C=O) groups is 2. The van der Waals surface area contributed by atoms with Crippen molar-refractivity contribution in [2.45, 2.75) is 45.3 Å². The maximum atomic E-state index is 12.7. The highest BCUT2D eigenvalue weighted by atomic mass is 19.4. The molecular weight excluding hydrogens is 311 g/mol. The summed E-state index contributed by atoms with van der Waals surface area (Å²) in [7, 11) is 0. The van der Waals surface area contributed by atoms with E-state index < -0.39 is 41.5 Å². The van der Waals surface area contributed by atoms with E-state index in [0.29, 0.717) is 5.56 Å². The molecule has 0 bridgehead atoms. The van der Waals surface area contributed by atoms with Gasteiger partial charge in [-0.1, -0.05) is 25.1 Å². The lowest BCUT2D eigenvalue weighted by Crippen LogP contribution is -2.40. The molecule has 1 rings (SSSR count). The third-order valence-corrected chi connectivity index (χ3v) is 3.80. The molecule has 1 aromatic rings. The third kappa shape index (κ3) is 5.58. The lowest BCUT2D eigenvalue weighted by molar-refractivity contribution is -0.142. The first-order chi connectivity index (χ1) is 10.5. The fraction of sp³-hybridized carbons (Fsp3) is 0.500. The standard InChI is InChI=1S/C16H20F3NO3/c1-9(7-14(21)20-11(3)10(2)15(22)23)12-5-4-6-13(8-12)16(17,18)19/h4-6,8-11H,7H2,1-3H3,(H,20,21)(H,22,23). The van der Waals surface area contributed by atoms with Crippen LogP contribution < -0.4 is 5.32 Å². The Morgan fingerprint density at radius 3 is 2.35 bits per heavy atom. The second-order valence-electron chi connectivity index (χ2n) is 5.71. The number of nitrogens with one attached hydrogen (secondary N) is 1. The molecule has 0 spiro atoms. The van der Waals surface area contributed by atoms with Gasteiger partial charge in [0.15, 0.2) is 0 Å². The molecular formula is C16H20F3NO3. The number of halogens is 3. The van der Waals surface area contributed by atoms with Gasteiger partial charge >= 0.3 is 12.1 Å². The van der Waals surface area contributed by atoms with Crippen molar-refractivity contribution in [1.29, 1.82) is 0 Å². The van der Waals surface area contributed by atoms with Gasteiger partial charge in [-0.25, -0.2) is 0 Å². The van der Waals surface area contributed by atoms with Crippen molar-refractivity contribution in [1.82, 2.24) is 5.32 Å². The number of amides is 1. The Bertz CT molecular complexity index is 572. The van der Waals surface area contributed by atoms with Crippen LogP contribution >= 0.6 is 0 Å². The molecule has 128 valence electrons. The first-order valence-electron chi connectivity index (χ1n) is 7.21. The van der Waals surface area contributed by atoms with E-state index >= 15 is 0 Å². The van der Waals surface area contributed by atoms with Crippen LogP contribution in [0, 0.1) is 5.92 Å². The topological polar surface area (TPSA) is 66.4 Å². The lowest BCUT2D eigenvalue weighted by Gasteiger charge is -2.19. The molecule has 1 amide bonds. The molecule has 0 aliphatic heterocycles. The number of benzene rings is 1. The zero-order valence-electron chi connectivity index (χ0n) is 13.1. The Morgan fingerprint density at radius 2 is 1.83 bits per heavy atom. The average Bonchev–Trinajstić information content (AvgIpc) is 2.45. The van der Waals surface area contributed by atoms with Crippen molar-refractivity contribution in [2.24, 2.45) is 5.92 Å². The number of alkyl halides is 3. The Balaban J connectivity index is 2.71. The van der Waals surface area contributed by atoms with E-state index in [-0.39, 0.29) is 6.42 Å². The summed E-state index contributed by atoms with van der Waals surface area (Å²) in [6.07, 6.45) is -4.44. The molecule has 0 aliphatic rings. The zero-order chi connectivity index (χ0) is 17.8. The Kier molecular flexibility index (Phi) is 6.18. The van der Waals surface area contributed by atoms with Gasteiger partial charge in [0.1, 0.15) is 0 Å². The van der Waals surface area contributed by atoms with Crippen LogP contribution in [0.5, 0.6) is 0 Å². The van der Waals surface area contributed by atoms with Gasteiger partial charge in [-0.05, 0) is 31.4 Å². The van der Waals surface area contributed by atoms with Gasteiger partial charge in [0.05, 0.1) is 11.5 Å². The van der Waals surface area contributed by atoms with Gasteiger partial charge in [-0.3, -0.25) is 9.59 Å². The fourth-order valence-electron chi connectivity index (χ4n) is 2.07. The summed E-state index contributed by atoms with van der Waals surface area (Å²) in [5.41, 5.74) is -0.343. The Labute approximate surface area is 132 Å². The van der Waals surface area contributed by atoms with Crippen LogP contribution in [0.15, 0.2) is 24.3 Å².